The number of nitrogens with one attached hydrogen (secondary N) is 1. The number of oxazole rings is 1. The van der Waals surface area contributed by atoms with E-state index in [-0.39, 0.29) is 35.2 Å². The molecule has 0 radical (unpaired) electrons. The van der Waals surface area contributed by atoms with Crippen LogP contribution < -0.4 is 10.1 Å². The minimum absolute atomic E-state index is 0.0138. The highest BCUT2D eigenvalue weighted by atomic mass is 35.5. The van der Waals surface area contributed by atoms with Crippen molar-refractivity contribution < 1.29 is 18.3 Å². The number of benzene rings is 2. The number of amides is 1. The van der Waals surface area contributed by atoms with Crippen LogP contribution in [0.25, 0.3) is 11.3 Å². The largest absolute Gasteiger partial charge is 0.484 e. The molecule has 31 heavy (non-hydrogen) atoms. The first-order valence-corrected chi connectivity index (χ1v) is 10.8. The summed E-state index contributed by atoms with van der Waals surface area (Å²) in [6.07, 6.45) is 5.06. The second kappa shape index (κ2) is 9.71. The Morgan fingerprint density at radius 2 is 1.87 bits per heavy atom. The molecule has 162 valence electrons. The molecule has 4 rings (SSSR count). The summed E-state index contributed by atoms with van der Waals surface area (Å²) < 4.78 is 24.5. The maximum absolute atomic E-state index is 13.4. The van der Waals surface area contributed by atoms with Crippen molar-refractivity contribution in [2.24, 2.45) is 0 Å². The van der Waals surface area contributed by atoms with Gasteiger partial charge in [-0.25, -0.2) is 9.37 Å². The molecule has 2 aromatic carbocycles. The van der Waals surface area contributed by atoms with Gasteiger partial charge in [-0.2, -0.15) is 0 Å². The fraction of sp³-hybridized carbons (Fsp3) is 0.304. The van der Waals surface area contributed by atoms with Gasteiger partial charge >= 0.3 is 0 Å². The van der Waals surface area contributed by atoms with Crippen LogP contribution in [-0.2, 0) is 4.79 Å². The zero-order valence-electron chi connectivity index (χ0n) is 16.6. The number of aromatic nitrogens is 1. The van der Waals surface area contributed by atoms with Gasteiger partial charge in [0.05, 0.1) is 5.02 Å². The molecule has 0 aliphatic heterocycles. The van der Waals surface area contributed by atoms with Crippen molar-refractivity contribution in [2.75, 3.05) is 6.61 Å². The monoisotopic (exact) mass is 462 g/mol. The Bertz CT molecular complexity index is 1050. The average molecular weight is 463 g/mol. The number of nitrogens with zero attached hydrogens (tertiary/aromatic N) is 1. The zero-order chi connectivity index (χ0) is 21.8. The number of hydrogen-bond acceptors (Lipinski definition) is 4. The lowest BCUT2D eigenvalue weighted by atomic mass is 9.86. The second-order valence-corrected chi connectivity index (χ2v) is 8.40. The molecule has 1 aliphatic carbocycles. The third kappa shape index (κ3) is 5.57. The summed E-state index contributed by atoms with van der Waals surface area (Å²) >= 11 is 11.6. The van der Waals surface area contributed by atoms with E-state index < -0.39 is 5.82 Å². The Morgan fingerprint density at radius 3 is 2.58 bits per heavy atom. The van der Waals surface area contributed by atoms with Crippen LogP contribution in [-0.4, -0.2) is 23.5 Å². The van der Waals surface area contributed by atoms with Gasteiger partial charge in [-0.3, -0.25) is 4.79 Å². The normalized spacial score (nSPS) is 18.5. The molecule has 1 heterocycles. The number of carbonyl (C=O) groups is 1. The van der Waals surface area contributed by atoms with Crippen LogP contribution in [0.15, 0.2) is 53.1 Å². The molecular formula is C23H21Cl2FN2O3. The van der Waals surface area contributed by atoms with Crippen LogP contribution in [0.2, 0.25) is 10.0 Å². The lowest BCUT2D eigenvalue weighted by molar-refractivity contribution is -0.124. The molecule has 1 aromatic heterocycles. The summed E-state index contributed by atoms with van der Waals surface area (Å²) in [5, 5.41) is 3.67. The highest BCUT2D eigenvalue weighted by Gasteiger charge is 2.26. The first-order valence-electron chi connectivity index (χ1n) is 10.1. The van der Waals surface area contributed by atoms with Gasteiger partial charge in [0.25, 0.3) is 5.91 Å². The first kappa shape index (κ1) is 21.7. The van der Waals surface area contributed by atoms with E-state index in [0.29, 0.717) is 5.02 Å². The highest BCUT2D eigenvalue weighted by Crippen LogP contribution is 2.34. The minimum Gasteiger partial charge on any atom is -0.484 e. The molecule has 5 nitrogen and oxygen atoms in total. The summed E-state index contributed by atoms with van der Waals surface area (Å²) in [6.45, 7) is -0.175. The van der Waals surface area contributed by atoms with E-state index >= 15 is 0 Å². The van der Waals surface area contributed by atoms with E-state index in [4.69, 9.17) is 32.4 Å². The van der Waals surface area contributed by atoms with E-state index in [2.05, 4.69) is 10.3 Å². The maximum atomic E-state index is 13.4. The fourth-order valence-electron chi connectivity index (χ4n) is 3.70. The molecule has 0 unspecified atom stereocenters. The van der Waals surface area contributed by atoms with Crippen molar-refractivity contribution >= 4 is 29.1 Å². The third-order valence-corrected chi connectivity index (χ3v) is 5.92. The van der Waals surface area contributed by atoms with Crippen molar-refractivity contribution in [2.45, 2.75) is 37.6 Å². The number of carbonyl (C=O) groups excluding carboxylic acids is 1. The Balaban J connectivity index is 1.24. The Morgan fingerprint density at radius 1 is 1.13 bits per heavy atom. The van der Waals surface area contributed by atoms with E-state index in [1.807, 2.05) is 24.3 Å². The SMILES string of the molecule is O=C(COc1ccc(Cl)c(F)c1)NC1CCC(c2nc(-c3ccc(Cl)cc3)co2)CC1. The first-order chi connectivity index (χ1) is 15.0. The predicted octanol–water partition coefficient (Wildman–Crippen LogP) is 6.01. The van der Waals surface area contributed by atoms with Gasteiger partial charge in [0.1, 0.15) is 23.5 Å². The summed E-state index contributed by atoms with van der Waals surface area (Å²) in [6, 6.07) is 11.6. The molecule has 1 aliphatic rings. The van der Waals surface area contributed by atoms with Crippen LogP contribution in [0.3, 0.4) is 0 Å². The molecule has 0 spiro atoms. The molecule has 1 N–H and O–H groups in total. The van der Waals surface area contributed by atoms with Gasteiger partial charge in [-0.05, 0) is 49.9 Å². The topological polar surface area (TPSA) is 64.4 Å². The molecule has 0 bridgehead atoms. The van der Waals surface area contributed by atoms with Crippen molar-refractivity contribution in [3.63, 3.8) is 0 Å². The van der Waals surface area contributed by atoms with Crippen molar-refractivity contribution in [1.29, 1.82) is 0 Å². The quantitative estimate of drug-likeness (QED) is 0.487. The lowest BCUT2D eigenvalue weighted by Gasteiger charge is -2.27. The Hall–Kier alpha value is -2.57. The van der Waals surface area contributed by atoms with Crippen molar-refractivity contribution in [3.8, 4) is 17.0 Å². The van der Waals surface area contributed by atoms with Gasteiger partial charge in [-0.15, -0.1) is 0 Å². The van der Waals surface area contributed by atoms with Crippen molar-refractivity contribution in [1.82, 2.24) is 10.3 Å². The standard InChI is InChI=1S/C23H21Cl2FN2O3/c24-16-5-1-14(2-6-16)21-12-31-23(28-21)15-3-7-17(8-4-15)27-22(29)13-30-18-9-10-19(25)20(26)11-18/h1-2,5-6,9-12,15,17H,3-4,7-8,13H2,(H,27,29). The second-order valence-electron chi connectivity index (χ2n) is 7.56. The molecule has 1 saturated carbocycles. The third-order valence-electron chi connectivity index (χ3n) is 5.36. The summed E-state index contributed by atoms with van der Waals surface area (Å²) in [7, 11) is 0. The number of halogens is 3. The molecule has 1 amide bonds. The molecule has 0 atom stereocenters. The van der Waals surface area contributed by atoms with Gasteiger partial charge in [-0.1, -0.05) is 35.3 Å². The van der Waals surface area contributed by atoms with Gasteiger partial charge in [0.2, 0.25) is 0 Å². The summed E-state index contributed by atoms with van der Waals surface area (Å²) in [5.74, 6) is 0.398. The molecule has 3 aromatic rings. The smallest absolute Gasteiger partial charge is 0.258 e. The van der Waals surface area contributed by atoms with Gasteiger partial charge in [0.15, 0.2) is 12.5 Å². The van der Waals surface area contributed by atoms with Crippen LogP contribution in [0, 0.1) is 5.82 Å². The van der Waals surface area contributed by atoms with E-state index in [1.165, 1.54) is 12.1 Å². The zero-order valence-corrected chi connectivity index (χ0v) is 18.1. The highest BCUT2D eigenvalue weighted by molar-refractivity contribution is 6.31. The number of ether oxygens (including phenoxy) is 1. The van der Waals surface area contributed by atoms with E-state index in [0.717, 1.165) is 48.9 Å². The number of rotatable bonds is 6. The van der Waals surface area contributed by atoms with Gasteiger partial charge < -0.3 is 14.5 Å². The maximum Gasteiger partial charge on any atom is 0.258 e. The van der Waals surface area contributed by atoms with Crippen LogP contribution in [0.4, 0.5) is 4.39 Å². The van der Waals surface area contributed by atoms with E-state index in [9.17, 15) is 9.18 Å². The Labute approximate surface area is 189 Å². The molecule has 0 saturated heterocycles. The Kier molecular flexibility index (Phi) is 6.78. The molecule has 8 heteroatoms. The minimum atomic E-state index is -0.580. The summed E-state index contributed by atoms with van der Waals surface area (Å²) in [4.78, 5) is 16.8. The number of hydrogen-bond donors (Lipinski definition) is 1. The van der Waals surface area contributed by atoms with E-state index in [1.54, 1.807) is 6.26 Å². The summed E-state index contributed by atoms with van der Waals surface area (Å²) in [5.41, 5.74) is 1.75. The van der Waals surface area contributed by atoms with Crippen LogP contribution >= 0.6 is 23.2 Å². The average Bonchev–Trinajstić information content (AvgIpc) is 3.26. The molecule has 1 fully saturated rings. The van der Waals surface area contributed by atoms with Gasteiger partial charge in [0, 0.05) is 28.6 Å². The predicted molar refractivity (Wildman–Crippen MR) is 117 cm³/mol. The fourth-order valence-corrected chi connectivity index (χ4v) is 3.94. The van der Waals surface area contributed by atoms with Crippen LogP contribution in [0.1, 0.15) is 37.5 Å². The van der Waals surface area contributed by atoms with Crippen LogP contribution in [0.5, 0.6) is 5.75 Å². The lowest BCUT2D eigenvalue weighted by Crippen LogP contribution is -2.39. The molecular weight excluding hydrogens is 442 g/mol. The van der Waals surface area contributed by atoms with Crippen molar-refractivity contribution in [3.05, 3.63) is 70.5 Å².